The number of thioether (sulfide) groups is 1. The summed E-state index contributed by atoms with van der Waals surface area (Å²) in [6.07, 6.45) is 9.40. The second kappa shape index (κ2) is 10.6. The number of carbonyl (C=O) groups is 1. The third kappa shape index (κ3) is 5.43. The fourth-order valence-corrected chi connectivity index (χ4v) is 7.65. The van der Waals surface area contributed by atoms with Crippen LogP contribution in [0.4, 0.5) is 0 Å². The second-order valence-electron chi connectivity index (χ2n) is 10.7. The first kappa shape index (κ1) is 23.5. The number of likely N-dealkylation sites (tertiary alicyclic amines) is 2. The molecule has 4 heterocycles. The van der Waals surface area contributed by atoms with Gasteiger partial charge in [-0.2, -0.15) is 0 Å². The molecule has 3 fully saturated rings. The van der Waals surface area contributed by atoms with E-state index in [4.69, 9.17) is 14.5 Å². The van der Waals surface area contributed by atoms with Crippen LogP contribution in [0.2, 0.25) is 0 Å². The van der Waals surface area contributed by atoms with Crippen molar-refractivity contribution in [2.75, 3.05) is 45.9 Å². The van der Waals surface area contributed by atoms with Gasteiger partial charge in [0.15, 0.2) is 16.7 Å². The Morgan fingerprint density at radius 3 is 2.74 bits per heavy atom. The Kier molecular flexibility index (Phi) is 7.10. The molecule has 1 amide bonds. The number of nitrogens with one attached hydrogen (secondary N) is 1. The highest BCUT2D eigenvalue weighted by atomic mass is 32.2. The molecule has 4 unspecified atom stereocenters. The van der Waals surface area contributed by atoms with E-state index in [0.717, 1.165) is 57.1 Å². The average molecular weight is 499 g/mol. The van der Waals surface area contributed by atoms with Crippen LogP contribution in [0.25, 0.3) is 0 Å². The highest BCUT2D eigenvalue weighted by molar-refractivity contribution is 8.14. The maximum absolute atomic E-state index is 13.4. The Balaban J connectivity index is 1.09. The van der Waals surface area contributed by atoms with E-state index in [2.05, 4.69) is 27.2 Å². The zero-order chi connectivity index (χ0) is 23.6. The van der Waals surface area contributed by atoms with Gasteiger partial charge in [-0.05, 0) is 69.3 Å². The Morgan fingerprint density at radius 2 is 1.89 bits per heavy atom. The molecule has 7 nitrogen and oxygen atoms in total. The summed E-state index contributed by atoms with van der Waals surface area (Å²) in [7, 11) is 0. The lowest BCUT2D eigenvalue weighted by molar-refractivity contribution is -0.125. The summed E-state index contributed by atoms with van der Waals surface area (Å²) in [6, 6.07) is 6.81. The first-order valence-corrected chi connectivity index (χ1v) is 14.5. The van der Waals surface area contributed by atoms with Crippen molar-refractivity contribution >= 4 is 22.8 Å². The van der Waals surface area contributed by atoms with Crippen molar-refractivity contribution in [2.45, 2.75) is 68.7 Å². The van der Waals surface area contributed by atoms with E-state index < -0.39 is 0 Å². The van der Waals surface area contributed by atoms with E-state index in [1.165, 1.54) is 49.3 Å². The van der Waals surface area contributed by atoms with Crippen LogP contribution in [0.5, 0.6) is 11.5 Å². The first-order chi connectivity index (χ1) is 17.2. The zero-order valence-corrected chi connectivity index (χ0v) is 21.4. The molecule has 2 saturated heterocycles. The molecule has 190 valence electrons. The van der Waals surface area contributed by atoms with E-state index in [9.17, 15) is 4.79 Å². The Morgan fingerprint density at radius 1 is 1.06 bits per heavy atom. The Bertz CT molecular complexity index is 950. The molecule has 4 atom stereocenters. The lowest BCUT2D eigenvalue weighted by Crippen LogP contribution is -2.47. The molecule has 1 aromatic rings. The van der Waals surface area contributed by atoms with Crippen LogP contribution in [-0.2, 0) is 11.2 Å². The second-order valence-corrected chi connectivity index (χ2v) is 12.0. The number of hydrogen-bond donors (Lipinski definition) is 1. The van der Waals surface area contributed by atoms with Crippen molar-refractivity contribution in [3.63, 3.8) is 0 Å². The number of ether oxygens (including phenoxy) is 2. The molecule has 6 rings (SSSR count). The number of amides is 1. The maximum Gasteiger partial charge on any atom is 0.225 e. The molecule has 0 aromatic heterocycles. The summed E-state index contributed by atoms with van der Waals surface area (Å²) in [5, 5.41) is 5.31. The molecule has 0 bridgehead atoms. The summed E-state index contributed by atoms with van der Waals surface area (Å²) in [4.78, 5) is 23.3. The van der Waals surface area contributed by atoms with Gasteiger partial charge in [-0.15, -0.1) is 0 Å². The predicted molar refractivity (Wildman–Crippen MR) is 139 cm³/mol. The number of fused-ring (bicyclic) bond motifs is 2. The average Bonchev–Trinajstić information content (AvgIpc) is 3.64. The van der Waals surface area contributed by atoms with Gasteiger partial charge in [0.2, 0.25) is 5.91 Å². The summed E-state index contributed by atoms with van der Waals surface area (Å²) < 4.78 is 11.5. The van der Waals surface area contributed by atoms with Crippen LogP contribution < -0.4 is 14.8 Å². The van der Waals surface area contributed by atoms with Gasteiger partial charge in [0.05, 0.1) is 12.0 Å². The van der Waals surface area contributed by atoms with Crippen LogP contribution in [0.15, 0.2) is 23.2 Å². The van der Waals surface area contributed by atoms with E-state index in [1.807, 2.05) is 17.8 Å². The van der Waals surface area contributed by atoms with E-state index in [1.54, 1.807) is 0 Å². The highest BCUT2D eigenvalue weighted by Crippen LogP contribution is 2.39. The van der Waals surface area contributed by atoms with Crippen LogP contribution in [0.3, 0.4) is 0 Å². The predicted octanol–water partition coefficient (Wildman–Crippen LogP) is 3.32. The molecule has 8 heteroatoms. The number of rotatable bonds is 6. The van der Waals surface area contributed by atoms with Gasteiger partial charge in [0.1, 0.15) is 13.2 Å². The molecule has 4 aliphatic heterocycles. The van der Waals surface area contributed by atoms with Gasteiger partial charge in [0, 0.05) is 30.9 Å². The standard InChI is InChI=1S/C27H38N4O3S/c32-26(20-9-12-31(17-20)27-29-22-5-1-2-6-25(22)35-27)28-21(18-30-10-3-4-11-30)15-19-7-8-23-24(16-19)34-14-13-33-23/h7-8,16,20-22,25H,1-6,9-15,17-18H2,(H,28,32). The van der Waals surface area contributed by atoms with Gasteiger partial charge >= 0.3 is 0 Å². The smallest absolute Gasteiger partial charge is 0.225 e. The fourth-order valence-electron chi connectivity index (χ4n) is 6.23. The summed E-state index contributed by atoms with van der Waals surface area (Å²) in [6.45, 7) is 6.11. The topological polar surface area (TPSA) is 66.4 Å². The normalized spacial score (nSPS) is 29.1. The van der Waals surface area contributed by atoms with Gasteiger partial charge in [0.25, 0.3) is 0 Å². The summed E-state index contributed by atoms with van der Waals surface area (Å²) in [5.74, 6) is 1.89. The van der Waals surface area contributed by atoms with Gasteiger partial charge in [-0.25, -0.2) is 0 Å². The molecule has 1 N–H and O–H groups in total. The third-order valence-corrected chi connectivity index (χ3v) is 9.57. The molecular formula is C27H38N4O3S. The van der Waals surface area contributed by atoms with Gasteiger partial charge < -0.3 is 24.6 Å². The van der Waals surface area contributed by atoms with Crippen LogP contribution >= 0.6 is 11.8 Å². The number of carbonyl (C=O) groups excluding carboxylic acids is 1. The van der Waals surface area contributed by atoms with Gasteiger partial charge in [-0.1, -0.05) is 30.7 Å². The molecule has 1 aliphatic carbocycles. The van der Waals surface area contributed by atoms with Crippen molar-refractivity contribution < 1.29 is 14.3 Å². The van der Waals surface area contributed by atoms with E-state index in [-0.39, 0.29) is 17.9 Å². The molecular weight excluding hydrogens is 460 g/mol. The minimum atomic E-state index is 0.0438. The number of amidine groups is 1. The van der Waals surface area contributed by atoms with Crippen molar-refractivity contribution in [3.8, 4) is 11.5 Å². The highest BCUT2D eigenvalue weighted by Gasteiger charge is 2.38. The molecule has 1 aromatic carbocycles. The molecule has 5 aliphatic rings. The lowest BCUT2D eigenvalue weighted by atomic mass is 9.96. The SMILES string of the molecule is O=C(NC(Cc1ccc2c(c1)OCCO2)CN1CCCC1)C1CCN(C2=NC3CCCCC3S2)C1. The lowest BCUT2D eigenvalue weighted by Gasteiger charge is -2.27. The summed E-state index contributed by atoms with van der Waals surface area (Å²) in [5.41, 5.74) is 1.19. The molecule has 0 radical (unpaired) electrons. The van der Waals surface area contributed by atoms with Crippen molar-refractivity contribution in [1.82, 2.24) is 15.1 Å². The monoisotopic (exact) mass is 498 g/mol. The fraction of sp³-hybridized carbons (Fsp3) is 0.704. The van der Waals surface area contributed by atoms with Crippen LogP contribution in [-0.4, -0.2) is 84.1 Å². The third-order valence-electron chi connectivity index (χ3n) is 8.14. The van der Waals surface area contributed by atoms with Crippen LogP contribution in [0.1, 0.15) is 50.5 Å². The quantitative estimate of drug-likeness (QED) is 0.649. The summed E-state index contributed by atoms with van der Waals surface area (Å²) >= 11 is 1.97. The van der Waals surface area contributed by atoms with Crippen molar-refractivity contribution in [2.24, 2.45) is 10.9 Å². The molecule has 1 saturated carbocycles. The van der Waals surface area contributed by atoms with Crippen LogP contribution in [0, 0.1) is 5.92 Å². The van der Waals surface area contributed by atoms with Gasteiger partial charge in [-0.3, -0.25) is 9.79 Å². The minimum absolute atomic E-state index is 0.0438. The van der Waals surface area contributed by atoms with Crippen molar-refractivity contribution in [1.29, 1.82) is 0 Å². The van der Waals surface area contributed by atoms with E-state index in [0.29, 0.717) is 24.5 Å². The number of nitrogens with zero attached hydrogens (tertiary/aromatic N) is 3. The number of aliphatic imine (C=N–C) groups is 1. The Labute approximate surface area is 213 Å². The van der Waals surface area contributed by atoms with E-state index >= 15 is 0 Å². The number of benzene rings is 1. The van der Waals surface area contributed by atoms with Crippen molar-refractivity contribution in [3.05, 3.63) is 23.8 Å². The molecule has 35 heavy (non-hydrogen) atoms. The Hall–Kier alpha value is -1.93. The maximum atomic E-state index is 13.4. The number of hydrogen-bond acceptors (Lipinski definition) is 7. The largest absolute Gasteiger partial charge is 0.486 e. The molecule has 0 spiro atoms. The minimum Gasteiger partial charge on any atom is -0.486 e. The zero-order valence-electron chi connectivity index (χ0n) is 20.6. The first-order valence-electron chi connectivity index (χ1n) is 13.6.